The van der Waals surface area contributed by atoms with Gasteiger partial charge in [0, 0.05) is 51.4 Å². The number of ether oxygens (including phenoxy) is 1. The van der Waals surface area contributed by atoms with E-state index in [1.54, 1.807) is 31.7 Å². The van der Waals surface area contributed by atoms with Gasteiger partial charge in [0.05, 0.1) is 5.69 Å². The Morgan fingerprint density at radius 3 is 2.45 bits per heavy atom. The van der Waals surface area contributed by atoms with Crippen molar-refractivity contribution in [1.29, 1.82) is 0 Å². The van der Waals surface area contributed by atoms with Crippen molar-refractivity contribution in [2.75, 3.05) is 39.1 Å². The van der Waals surface area contributed by atoms with Crippen molar-refractivity contribution >= 4 is 29.3 Å². The van der Waals surface area contributed by atoms with Gasteiger partial charge >= 0.3 is 0 Å². The van der Waals surface area contributed by atoms with Crippen LogP contribution in [0.25, 0.3) is 0 Å². The van der Waals surface area contributed by atoms with E-state index in [4.69, 9.17) is 4.74 Å². The summed E-state index contributed by atoms with van der Waals surface area (Å²) in [5.41, 5.74) is 0.339. The molecule has 2 heterocycles. The summed E-state index contributed by atoms with van der Waals surface area (Å²) in [7, 11) is 3.36. The lowest BCUT2D eigenvalue weighted by Gasteiger charge is -2.40. The van der Waals surface area contributed by atoms with Crippen LogP contribution in [0.5, 0.6) is 0 Å². The summed E-state index contributed by atoms with van der Waals surface area (Å²) in [5.74, 6) is -4.32. The number of nitrogens with zero attached hydrogens (tertiary/aromatic N) is 4. The van der Waals surface area contributed by atoms with Gasteiger partial charge in [-0.1, -0.05) is 19.4 Å². The van der Waals surface area contributed by atoms with Crippen molar-refractivity contribution in [2.45, 2.75) is 96.5 Å². The third-order valence-electron chi connectivity index (χ3n) is 10.2. The van der Waals surface area contributed by atoms with E-state index in [0.29, 0.717) is 51.0 Å². The number of aryl methyl sites for hydroxylation is 1. The lowest BCUT2D eigenvalue weighted by Crippen LogP contribution is -2.58. The molecular formula is C36H50F3N7O5. The van der Waals surface area contributed by atoms with Gasteiger partial charge in [-0.15, -0.1) is 0 Å². The molecule has 2 fully saturated rings. The number of allylic oxidation sites excluding steroid dienone is 1. The number of piperazine rings is 1. The Balaban J connectivity index is 1.59. The van der Waals surface area contributed by atoms with Crippen LogP contribution >= 0.6 is 0 Å². The second-order valence-electron chi connectivity index (χ2n) is 13.6. The first-order valence-electron chi connectivity index (χ1n) is 17.5. The Morgan fingerprint density at radius 1 is 1.06 bits per heavy atom. The second kappa shape index (κ2) is 17.8. The topological polar surface area (TPSA) is 138 Å². The molecule has 0 radical (unpaired) electrons. The van der Waals surface area contributed by atoms with Crippen molar-refractivity contribution in [1.82, 2.24) is 30.2 Å². The summed E-state index contributed by atoms with van der Waals surface area (Å²) in [5, 5.41) is 12.2. The van der Waals surface area contributed by atoms with Gasteiger partial charge in [0.2, 0.25) is 17.7 Å². The average molecular weight is 718 g/mol. The van der Waals surface area contributed by atoms with Crippen LogP contribution in [0.3, 0.4) is 0 Å². The Bertz CT molecular complexity index is 1600. The largest absolute Gasteiger partial charge is 0.372 e. The van der Waals surface area contributed by atoms with Gasteiger partial charge in [-0.05, 0) is 88.8 Å². The number of aromatic nitrogens is 2. The third kappa shape index (κ3) is 9.76. The lowest BCUT2D eigenvalue weighted by molar-refractivity contribution is -0.141. The highest BCUT2D eigenvalue weighted by molar-refractivity contribution is 6.00. The molecule has 1 aromatic heterocycles. The molecular weight excluding hydrogens is 667 g/mol. The van der Waals surface area contributed by atoms with Crippen LogP contribution in [0.1, 0.15) is 81.8 Å². The van der Waals surface area contributed by atoms with Gasteiger partial charge in [0.25, 0.3) is 12.0 Å². The molecule has 0 spiro atoms. The number of rotatable bonds is 12. The molecule has 1 saturated carbocycles. The molecule has 1 saturated heterocycles. The number of hydrogen-bond acceptors (Lipinski definition) is 7. The van der Waals surface area contributed by atoms with Crippen LogP contribution in [-0.2, 0) is 25.7 Å². The van der Waals surface area contributed by atoms with Gasteiger partial charge in [0.15, 0.2) is 0 Å². The maximum atomic E-state index is 15.8. The molecule has 1 aliphatic heterocycles. The van der Waals surface area contributed by atoms with E-state index in [-0.39, 0.29) is 41.7 Å². The minimum Gasteiger partial charge on any atom is -0.372 e. The number of carbonyl (C=O) groups excluding carboxylic acids is 4. The molecule has 12 nitrogen and oxygen atoms in total. The number of amides is 4. The van der Waals surface area contributed by atoms with Crippen LogP contribution in [0.4, 0.5) is 18.9 Å². The molecule has 2 aliphatic rings. The summed E-state index contributed by atoms with van der Waals surface area (Å²) in [4.78, 5) is 57.8. The van der Waals surface area contributed by atoms with Gasteiger partial charge in [-0.25, -0.2) is 4.39 Å². The van der Waals surface area contributed by atoms with Crippen molar-refractivity contribution in [3.05, 3.63) is 59.2 Å². The highest BCUT2D eigenvalue weighted by Gasteiger charge is 2.37. The van der Waals surface area contributed by atoms with Crippen LogP contribution in [0.2, 0.25) is 0 Å². The van der Waals surface area contributed by atoms with Crippen molar-refractivity contribution in [3.63, 3.8) is 0 Å². The van der Waals surface area contributed by atoms with Gasteiger partial charge in [-0.2, -0.15) is 13.9 Å². The van der Waals surface area contributed by atoms with Crippen LogP contribution in [0.15, 0.2) is 42.1 Å². The fraction of sp³-hybridized carbons (Fsp3) is 0.583. The number of hydrogen-bond donors (Lipinski definition) is 3. The summed E-state index contributed by atoms with van der Waals surface area (Å²) in [6, 6.07) is 3.41. The van der Waals surface area contributed by atoms with Crippen LogP contribution < -0.4 is 16.0 Å². The summed E-state index contributed by atoms with van der Waals surface area (Å²) in [6.07, 6.45) is 0.415. The standard InChI is InChI=1S/C36H50F3N7O5/c1-7-46-29(14-15-40-46)34(48)43-31(25-10-8-9-11-26(18-25)32(38)39)35(49)41-28-13-12-24(19-27(28)37)22(3)30(42-33(47)23(4)51-6)36(50)45-17-16-44(5)21(2)20-45/h12-15,19,21-23,25,30-31H,7-11,16-18,20H2,1-6H3,(H,41,49)(H,42,47)(H,43,48)/t21-,22+,23+,25?,30-,31?/m1/s1. The predicted molar refractivity (Wildman–Crippen MR) is 185 cm³/mol. The fourth-order valence-electron chi connectivity index (χ4n) is 6.65. The molecule has 0 bridgehead atoms. The highest BCUT2D eigenvalue weighted by Crippen LogP contribution is 2.33. The van der Waals surface area contributed by atoms with Crippen molar-refractivity contribution < 1.29 is 37.1 Å². The zero-order valence-corrected chi connectivity index (χ0v) is 30.2. The van der Waals surface area contributed by atoms with Crippen LogP contribution in [-0.4, -0.2) is 101 Å². The quantitative estimate of drug-likeness (QED) is 0.279. The van der Waals surface area contributed by atoms with Gasteiger partial charge in [0.1, 0.15) is 29.7 Å². The summed E-state index contributed by atoms with van der Waals surface area (Å²) >= 11 is 0. The van der Waals surface area contributed by atoms with E-state index >= 15 is 4.39 Å². The molecule has 2 aromatic rings. The number of carbonyl (C=O) groups is 4. The Kier molecular flexibility index (Phi) is 13.8. The second-order valence-corrected chi connectivity index (χ2v) is 13.6. The highest BCUT2D eigenvalue weighted by atomic mass is 19.3. The van der Waals surface area contributed by atoms with E-state index in [0.717, 1.165) is 0 Å². The maximum absolute atomic E-state index is 15.8. The molecule has 280 valence electrons. The van der Waals surface area contributed by atoms with Gasteiger partial charge < -0.3 is 30.5 Å². The molecule has 1 aliphatic carbocycles. The molecule has 51 heavy (non-hydrogen) atoms. The van der Waals surface area contributed by atoms with E-state index in [1.807, 2.05) is 14.0 Å². The number of likely N-dealkylation sites (N-methyl/N-ethyl adjacent to an activating group) is 1. The summed E-state index contributed by atoms with van der Waals surface area (Å²) in [6.45, 7) is 9.05. The number of methoxy groups -OCH3 is 1. The van der Waals surface area contributed by atoms with E-state index in [9.17, 15) is 28.0 Å². The molecule has 1 aromatic carbocycles. The first-order valence-corrected chi connectivity index (χ1v) is 17.5. The van der Waals surface area contributed by atoms with Crippen molar-refractivity contribution in [3.8, 4) is 0 Å². The fourth-order valence-corrected chi connectivity index (χ4v) is 6.65. The van der Waals surface area contributed by atoms with Gasteiger partial charge in [-0.3, -0.25) is 23.9 Å². The summed E-state index contributed by atoms with van der Waals surface area (Å²) < 4.78 is 50.0. The van der Waals surface area contributed by atoms with E-state index in [1.165, 1.54) is 36.2 Å². The molecule has 15 heteroatoms. The normalized spacial score (nSPS) is 20.8. The predicted octanol–water partition coefficient (Wildman–Crippen LogP) is 4.30. The Labute approximate surface area is 297 Å². The SMILES string of the molecule is CCn1nccc1C(=O)NC(C(=O)Nc1ccc([C@H](C)[C@@H](NC(=O)[C@H](C)OC)C(=O)N2CCN(C)[C@H](C)C2)cc1F)C1CCCCC(=C(F)F)C1. The third-order valence-corrected chi connectivity index (χ3v) is 10.2. The molecule has 6 atom stereocenters. The monoisotopic (exact) mass is 717 g/mol. The molecule has 4 rings (SSSR count). The van der Waals surface area contributed by atoms with Crippen LogP contribution in [0, 0.1) is 11.7 Å². The number of benzene rings is 1. The first-order chi connectivity index (χ1) is 24.2. The Hall–Kier alpha value is -4.24. The minimum atomic E-state index is -1.79. The number of anilines is 1. The lowest BCUT2D eigenvalue weighted by atomic mass is 9.89. The minimum absolute atomic E-state index is 0.0604. The number of halogens is 3. The Morgan fingerprint density at radius 2 is 1.80 bits per heavy atom. The zero-order valence-electron chi connectivity index (χ0n) is 30.2. The zero-order chi connectivity index (χ0) is 37.4. The number of nitrogens with one attached hydrogen (secondary N) is 3. The first kappa shape index (κ1) is 39.5. The average Bonchev–Trinajstić information content (AvgIpc) is 3.46. The molecule has 2 unspecified atom stereocenters. The molecule has 3 N–H and O–H groups in total. The maximum Gasteiger partial charge on any atom is 0.270 e. The van der Waals surface area contributed by atoms with E-state index in [2.05, 4.69) is 25.9 Å². The smallest absolute Gasteiger partial charge is 0.270 e. The van der Waals surface area contributed by atoms with E-state index < -0.39 is 59.6 Å². The van der Waals surface area contributed by atoms with Crippen molar-refractivity contribution in [2.24, 2.45) is 5.92 Å². The molecule has 4 amide bonds.